The first kappa shape index (κ1) is 18.0. The minimum absolute atomic E-state index is 0.227. The molecule has 0 aliphatic carbocycles. The molecule has 1 amide bonds. The molecule has 0 aliphatic rings. The predicted molar refractivity (Wildman–Crippen MR) is 96.9 cm³/mol. The summed E-state index contributed by atoms with van der Waals surface area (Å²) in [5, 5.41) is 5.30. The average molecular weight is 372 g/mol. The zero-order valence-corrected chi connectivity index (χ0v) is 14.9. The van der Waals surface area contributed by atoms with Gasteiger partial charge in [0.1, 0.15) is 28.0 Å². The Balaban J connectivity index is 1.53. The predicted octanol–water partition coefficient (Wildman–Crippen LogP) is 4.15. The molecule has 26 heavy (non-hydrogen) atoms. The van der Waals surface area contributed by atoms with Crippen LogP contribution in [0, 0.1) is 5.82 Å². The molecule has 0 spiro atoms. The number of carbonyl (C=O) groups excluding carboxylic acids is 1. The van der Waals surface area contributed by atoms with Gasteiger partial charge in [0.15, 0.2) is 0 Å². The van der Waals surface area contributed by atoms with E-state index in [9.17, 15) is 9.18 Å². The molecule has 0 radical (unpaired) electrons. The lowest BCUT2D eigenvalue weighted by atomic mass is 10.2. The first-order valence-corrected chi connectivity index (χ1v) is 8.76. The van der Waals surface area contributed by atoms with Gasteiger partial charge < -0.3 is 14.8 Å². The zero-order chi connectivity index (χ0) is 18.4. The van der Waals surface area contributed by atoms with E-state index in [1.54, 1.807) is 36.8 Å². The molecule has 134 valence electrons. The number of aromatic nitrogens is 1. The van der Waals surface area contributed by atoms with Crippen molar-refractivity contribution in [3.05, 3.63) is 76.0 Å². The van der Waals surface area contributed by atoms with E-state index in [0.29, 0.717) is 30.3 Å². The van der Waals surface area contributed by atoms with E-state index in [1.165, 1.54) is 23.5 Å². The van der Waals surface area contributed by atoms with Crippen molar-refractivity contribution in [3.63, 3.8) is 0 Å². The highest BCUT2D eigenvalue weighted by molar-refractivity contribution is 7.09. The number of hydrogen-bond acceptors (Lipinski definition) is 5. The molecule has 2 aromatic carbocycles. The van der Waals surface area contributed by atoms with Crippen LogP contribution in [0.25, 0.3) is 0 Å². The number of ether oxygens (including phenoxy) is 2. The van der Waals surface area contributed by atoms with Crippen LogP contribution in [0.2, 0.25) is 0 Å². The smallest absolute Gasteiger partial charge is 0.271 e. The van der Waals surface area contributed by atoms with Gasteiger partial charge >= 0.3 is 0 Å². The van der Waals surface area contributed by atoms with E-state index in [4.69, 9.17) is 9.47 Å². The standard InChI is InChI=1S/C19H17FN2O3S/c1-24-11-18-22-17(12-26-18)19(23)21-10-13-2-6-15(7-3-13)25-16-8-4-14(20)5-9-16/h2-9,12H,10-11H2,1H3,(H,21,23). The third-order valence-electron chi connectivity index (χ3n) is 3.48. The van der Waals surface area contributed by atoms with Gasteiger partial charge in [-0.05, 0) is 42.0 Å². The lowest BCUT2D eigenvalue weighted by Gasteiger charge is -2.07. The maximum atomic E-state index is 12.9. The van der Waals surface area contributed by atoms with Crippen molar-refractivity contribution in [1.29, 1.82) is 0 Å². The molecule has 3 rings (SSSR count). The van der Waals surface area contributed by atoms with Crippen molar-refractivity contribution in [2.45, 2.75) is 13.2 Å². The monoisotopic (exact) mass is 372 g/mol. The fourth-order valence-corrected chi connectivity index (χ4v) is 2.94. The third-order valence-corrected chi connectivity index (χ3v) is 4.30. The maximum absolute atomic E-state index is 12.9. The summed E-state index contributed by atoms with van der Waals surface area (Å²) in [5.41, 5.74) is 1.32. The van der Waals surface area contributed by atoms with Gasteiger partial charge in [0.05, 0.1) is 6.61 Å². The number of thiazole rings is 1. The summed E-state index contributed by atoms with van der Waals surface area (Å²) in [6.45, 7) is 0.778. The van der Waals surface area contributed by atoms with Gasteiger partial charge in [0.2, 0.25) is 0 Å². The number of hydrogen-bond donors (Lipinski definition) is 1. The summed E-state index contributed by atoms with van der Waals surface area (Å²) in [5.74, 6) is 0.659. The minimum Gasteiger partial charge on any atom is -0.457 e. The van der Waals surface area contributed by atoms with Gasteiger partial charge in [-0.1, -0.05) is 12.1 Å². The minimum atomic E-state index is -0.308. The van der Waals surface area contributed by atoms with Gasteiger partial charge in [0.25, 0.3) is 5.91 Å². The van der Waals surface area contributed by atoms with Gasteiger partial charge in [-0.15, -0.1) is 11.3 Å². The van der Waals surface area contributed by atoms with E-state index in [1.807, 2.05) is 12.1 Å². The van der Waals surface area contributed by atoms with E-state index >= 15 is 0 Å². The van der Waals surface area contributed by atoms with Crippen LogP contribution in [0.5, 0.6) is 11.5 Å². The van der Waals surface area contributed by atoms with E-state index < -0.39 is 0 Å². The number of nitrogens with one attached hydrogen (secondary N) is 1. The largest absolute Gasteiger partial charge is 0.457 e. The Morgan fingerprint density at radius 2 is 1.77 bits per heavy atom. The summed E-state index contributed by atoms with van der Waals surface area (Å²) in [6.07, 6.45) is 0. The number of halogens is 1. The van der Waals surface area contributed by atoms with Crippen LogP contribution in [-0.2, 0) is 17.9 Å². The molecule has 0 atom stereocenters. The molecule has 0 aliphatic heterocycles. The molecule has 0 saturated heterocycles. The number of nitrogens with zero attached hydrogens (tertiary/aromatic N) is 1. The molecule has 5 nitrogen and oxygen atoms in total. The molecule has 3 aromatic rings. The Labute approximate surface area is 154 Å². The van der Waals surface area contributed by atoms with E-state index in [0.717, 1.165) is 10.6 Å². The Morgan fingerprint density at radius 3 is 2.42 bits per heavy atom. The molecule has 0 bridgehead atoms. The summed E-state index contributed by atoms with van der Waals surface area (Å²) < 4.78 is 23.5. The molecule has 0 saturated carbocycles. The number of benzene rings is 2. The van der Waals surface area contributed by atoms with Crippen LogP contribution in [0.3, 0.4) is 0 Å². The van der Waals surface area contributed by atoms with Crippen molar-refractivity contribution in [2.24, 2.45) is 0 Å². The molecular formula is C19H17FN2O3S. The lowest BCUT2D eigenvalue weighted by molar-refractivity contribution is 0.0946. The van der Waals surface area contributed by atoms with Crippen molar-refractivity contribution in [1.82, 2.24) is 10.3 Å². The molecule has 0 fully saturated rings. The molecular weight excluding hydrogens is 355 g/mol. The summed E-state index contributed by atoms with van der Waals surface area (Å²) in [6, 6.07) is 13.1. The zero-order valence-electron chi connectivity index (χ0n) is 14.1. The van der Waals surface area contributed by atoms with Crippen molar-refractivity contribution >= 4 is 17.2 Å². The van der Waals surface area contributed by atoms with Crippen LogP contribution in [-0.4, -0.2) is 18.0 Å². The Hall–Kier alpha value is -2.77. The molecule has 7 heteroatoms. The summed E-state index contributed by atoms with van der Waals surface area (Å²) >= 11 is 1.39. The summed E-state index contributed by atoms with van der Waals surface area (Å²) in [4.78, 5) is 16.3. The quantitative estimate of drug-likeness (QED) is 0.677. The number of carbonyl (C=O) groups is 1. The fraction of sp³-hybridized carbons (Fsp3) is 0.158. The molecule has 1 N–H and O–H groups in total. The van der Waals surface area contributed by atoms with Crippen LogP contribution < -0.4 is 10.1 Å². The number of rotatable bonds is 7. The molecule has 0 unspecified atom stereocenters. The summed E-state index contributed by atoms with van der Waals surface area (Å²) in [7, 11) is 1.59. The highest BCUT2D eigenvalue weighted by atomic mass is 32.1. The average Bonchev–Trinajstić information content (AvgIpc) is 3.12. The van der Waals surface area contributed by atoms with Crippen LogP contribution >= 0.6 is 11.3 Å². The van der Waals surface area contributed by atoms with Crippen molar-refractivity contribution in [3.8, 4) is 11.5 Å². The van der Waals surface area contributed by atoms with Crippen LogP contribution in [0.15, 0.2) is 53.9 Å². The number of methoxy groups -OCH3 is 1. The first-order valence-electron chi connectivity index (χ1n) is 7.88. The first-order chi connectivity index (χ1) is 12.6. The second-order valence-electron chi connectivity index (χ2n) is 5.44. The van der Waals surface area contributed by atoms with Gasteiger partial charge in [-0.2, -0.15) is 0 Å². The third kappa shape index (κ3) is 4.87. The van der Waals surface area contributed by atoms with Gasteiger partial charge in [-0.25, -0.2) is 9.37 Å². The topological polar surface area (TPSA) is 60.5 Å². The number of amides is 1. The normalized spacial score (nSPS) is 10.5. The molecule has 1 heterocycles. The fourth-order valence-electron chi connectivity index (χ4n) is 2.19. The molecule has 1 aromatic heterocycles. The highest BCUT2D eigenvalue weighted by Gasteiger charge is 2.10. The van der Waals surface area contributed by atoms with Crippen LogP contribution in [0.1, 0.15) is 21.1 Å². The van der Waals surface area contributed by atoms with Crippen LogP contribution in [0.4, 0.5) is 4.39 Å². The van der Waals surface area contributed by atoms with E-state index in [2.05, 4.69) is 10.3 Å². The van der Waals surface area contributed by atoms with Gasteiger partial charge in [0, 0.05) is 19.0 Å². The van der Waals surface area contributed by atoms with Crippen molar-refractivity contribution < 1.29 is 18.7 Å². The van der Waals surface area contributed by atoms with E-state index in [-0.39, 0.29) is 11.7 Å². The Morgan fingerprint density at radius 1 is 1.12 bits per heavy atom. The van der Waals surface area contributed by atoms with Gasteiger partial charge in [-0.3, -0.25) is 4.79 Å². The SMILES string of the molecule is COCc1nc(C(=O)NCc2ccc(Oc3ccc(F)cc3)cc2)cs1. The highest BCUT2D eigenvalue weighted by Crippen LogP contribution is 2.21. The Bertz CT molecular complexity index is 863. The van der Waals surface area contributed by atoms with Crippen molar-refractivity contribution in [2.75, 3.05) is 7.11 Å². The maximum Gasteiger partial charge on any atom is 0.271 e. The Kier molecular flexibility index (Phi) is 5.93. The lowest BCUT2D eigenvalue weighted by Crippen LogP contribution is -2.23. The second-order valence-corrected chi connectivity index (χ2v) is 6.38. The second kappa shape index (κ2) is 8.55.